The lowest BCUT2D eigenvalue weighted by molar-refractivity contribution is 0.360. The molecule has 1 atom stereocenters. The standard InChI is InChI=1S/C14H21ClFN/c1-3-5-8-14(17,4-2)10-11-9-12(15)6-7-13(11)16/h6-7,9H,3-5,8,10,17H2,1-2H3. The molecule has 17 heavy (non-hydrogen) atoms. The number of hydrogen-bond acceptors (Lipinski definition) is 1. The van der Waals surface area contributed by atoms with Gasteiger partial charge in [-0.3, -0.25) is 0 Å². The largest absolute Gasteiger partial charge is 0.325 e. The first kappa shape index (κ1) is 14.5. The predicted molar refractivity (Wildman–Crippen MR) is 71.8 cm³/mol. The lowest BCUT2D eigenvalue weighted by Crippen LogP contribution is -2.41. The Hall–Kier alpha value is -0.600. The molecular weight excluding hydrogens is 237 g/mol. The zero-order valence-corrected chi connectivity index (χ0v) is 11.4. The van der Waals surface area contributed by atoms with Crippen molar-refractivity contribution in [3.63, 3.8) is 0 Å². The van der Waals surface area contributed by atoms with Gasteiger partial charge < -0.3 is 5.73 Å². The van der Waals surface area contributed by atoms with Crippen LogP contribution >= 0.6 is 11.6 Å². The van der Waals surface area contributed by atoms with Crippen LogP contribution in [0.5, 0.6) is 0 Å². The van der Waals surface area contributed by atoms with E-state index in [-0.39, 0.29) is 11.4 Å². The third kappa shape index (κ3) is 4.29. The minimum absolute atomic E-state index is 0.214. The molecule has 0 heterocycles. The maximum Gasteiger partial charge on any atom is 0.126 e. The average molecular weight is 258 g/mol. The first-order valence-corrected chi connectivity index (χ1v) is 6.61. The number of halogens is 2. The number of nitrogens with two attached hydrogens (primary N) is 1. The molecule has 1 unspecified atom stereocenters. The first-order chi connectivity index (χ1) is 8.00. The fourth-order valence-electron chi connectivity index (χ4n) is 1.98. The summed E-state index contributed by atoms with van der Waals surface area (Å²) in [5.74, 6) is -0.214. The van der Waals surface area contributed by atoms with Gasteiger partial charge in [0.05, 0.1) is 0 Å². The van der Waals surface area contributed by atoms with E-state index in [1.807, 2.05) is 0 Å². The zero-order valence-electron chi connectivity index (χ0n) is 10.6. The molecule has 0 aliphatic heterocycles. The number of hydrogen-bond donors (Lipinski definition) is 1. The number of benzene rings is 1. The van der Waals surface area contributed by atoms with Crippen molar-refractivity contribution >= 4 is 11.6 Å². The molecule has 0 radical (unpaired) electrons. The van der Waals surface area contributed by atoms with Gasteiger partial charge in [0.15, 0.2) is 0 Å². The van der Waals surface area contributed by atoms with Crippen LogP contribution in [0.4, 0.5) is 4.39 Å². The Morgan fingerprint density at radius 3 is 2.65 bits per heavy atom. The molecule has 1 nitrogen and oxygen atoms in total. The molecule has 1 rings (SSSR count). The number of rotatable bonds is 6. The van der Waals surface area contributed by atoms with Crippen molar-refractivity contribution in [2.75, 3.05) is 0 Å². The molecule has 3 heteroatoms. The van der Waals surface area contributed by atoms with Crippen molar-refractivity contribution in [1.29, 1.82) is 0 Å². The SMILES string of the molecule is CCCCC(N)(CC)Cc1cc(Cl)ccc1F. The molecule has 0 spiro atoms. The summed E-state index contributed by atoms with van der Waals surface area (Å²) in [5, 5.41) is 0.565. The number of unbranched alkanes of at least 4 members (excludes halogenated alkanes) is 1. The fraction of sp³-hybridized carbons (Fsp3) is 0.571. The van der Waals surface area contributed by atoms with Gasteiger partial charge in [0.1, 0.15) is 5.82 Å². The van der Waals surface area contributed by atoms with Crippen LogP contribution in [0.25, 0.3) is 0 Å². The van der Waals surface area contributed by atoms with Crippen LogP contribution in [0.2, 0.25) is 5.02 Å². The fourth-order valence-corrected chi connectivity index (χ4v) is 2.17. The molecular formula is C14H21ClFN. The van der Waals surface area contributed by atoms with E-state index in [9.17, 15) is 4.39 Å². The second kappa shape index (κ2) is 6.36. The third-order valence-corrected chi connectivity index (χ3v) is 3.52. The van der Waals surface area contributed by atoms with Gasteiger partial charge in [0, 0.05) is 10.6 Å². The lowest BCUT2D eigenvalue weighted by Gasteiger charge is -2.28. The van der Waals surface area contributed by atoms with Gasteiger partial charge in [-0.2, -0.15) is 0 Å². The molecule has 0 amide bonds. The van der Waals surface area contributed by atoms with E-state index in [1.165, 1.54) is 6.07 Å². The highest BCUT2D eigenvalue weighted by atomic mass is 35.5. The highest BCUT2D eigenvalue weighted by Gasteiger charge is 2.24. The summed E-state index contributed by atoms with van der Waals surface area (Å²) in [6.45, 7) is 4.19. The van der Waals surface area contributed by atoms with Gasteiger partial charge >= 0.3 is 0 Å². The van der Waals surface area contributed by atoms with Crippen LogP contribution in [0.15, 0.2) is 18.2 Å². The van der Waals surface area contributed by atoms with Crippen LogP contribution in [-0.2, 0) is 6.42 Å². The topological polar surface area (TPSA) is 26.0 Å². The highest BCUT2D eigenvalue weighted by molar-refractivity contribution is 6.30. The molecule has 0 aliphatic carbocycles. The van der Waals surface area contributed by atoms with Crippen LogP contribution in [-0.4, -0.2) is 5.54 Å². The Morgan fingerprint density at radius 2 is 2.06 bits per heavy atom. The second-order valence-electron chi connectivity index (χ2n) is 4.73. The van der Waals surface area contributed by atoms with Crippen molar-refractivity contribution < 1.29 is 4.39 Å². The van der Waals surface area contributed by atoms with Crippen LogP contribution in [0, 0.1) is 5.82 Å². The smallest absolute Gasteiger partial charge is 0.126 e. The second-order valence-corrected chi connectivity index (χ2v) is 5.17. The van der Waals surface area contributed by atoms with Gasteiger partial charge in [-0.1, -0.05) is 38.3 Å². The Morgan fingerprint density at radius 1 is 1.35 bits per heavy atom. The Bertz CT molecular complexity index is 367. The minimum atomic E-state index is -0.318. The molecule has 0 fully saturated rings. The minimum Gasteiger partial charge on any atom is -0.325 e. The normalized spacial score (nSPS) is 14.6. The monoisotopic (exact) mass is 257 g/mol. The van der Waals surface area contributed by atoms with Gasteiger partial charge in [-0.25, -0.2) is 4.39 Å². The van der Waals surface area contributed by atoms with E-state index in [1.54, 1.807) is 12.1 Å². The van der Waals surface area contributed by atoms with Crippen LogP contribution in [0.3, 0.4) is 0 Å². The Balaban J connectivity index is 2.82. The molecule has 0 saturated heterocycles. The van der Waals surface area contributed by atoms with E-state index in [2.05, 4.69) is 13.8 Å². The molecule has 1 aromatic carbocycles. The summed E-state index contributed by atoms with van der Waals surface area (Å²) in [5.41, 5.74) is 6.63. The summed E-state index contributed by atoms with van der Waals surface area (Å²) in [7, 11) is 0. The summed E-state index contributed by atoms with van der Waals surface area (Å²) >= 11 is 5.89. The summed E-state index contributed by atoms with van der Waals surface area (Å²) in [4.78, 5) is 0. The van der Waals surface area contributed by atoms with Crippen LogP contribution in [0.1, 0.15) is 45.1 Å². The van der Waals surface area contributed by atoms with Gasteiger partial charge in [0.25, 0.3) is 0 Å². The molecule has 1 aromatic rings. The van der Waals surface area contributed by atoms with Gasteiger partial charge in [-0.05, 0) is 43.0 Å². The molecule has 0 bridgehead atoms. The van der Waals surface area contributed by atoms with E-state index in [0.717, 1.165) is 25.7 Å². The average Bonchev–Trinajstić information content (AvgIpc) is 2.31. The maximum absolute atomic E-state index is 13.6. The molecule has 96 valence electrons. The maximum atomic E-state index is 13.6. The van der Waals surface area contributed by atoms with Crippen LogP contribution < -0.4 is 5.73 Å². The Kier molecular flexibility index (Phi) is 5.41. The van der Waals surface area contributed by atoms with Gasteiger partial charge in [-0.15, -0.1) is 0 Å². The molecule has 0 aliphatic rings. The van der Waals surface area contributed by atoms with E-state index < -0.39 is 0 Å². The van der Waals surface area contributed by atoms with E-state index in [0.29, 0.717) is 17.0 Å². The summed E-state index contributed by atoms with van der Waals surface area (Å²) in [6, 6.07) is 4.66. The van der Waals surface area contributed by atoms with Crippen molar-refractivity contribution in [2.45, 2.75) is 51.5 Å². The predicted octanol–water partition coefficient (Wildman–Crippen LogP) is 4.32. The molecule has 0 aromatic heterocycles. The summed E-state index contributed by atoms with van der Waals surface area (Å²) in [6.07, 6.45) is 4.50. The Labute approximate surface area is 108 Å². The van der Waals surface area contributed by atoms with E-state index in [4.69, 9.17) is 17.3 Å². The molecule has 0 saturated carbocycles. The van der Waals surface area contributed by atoms with Crippen molar-refractivity contribution in [1.82, 2.24) is 0 Å². The van der Waals surface area contributed by atoms with Gasteiger partial charge in [0.2, 0.25) is 0 Å². The third-order valence-electron chi connectivity index (χ3n) is 3.28. The summed E-state index contributed by atoms with van der Waals surface area (Å²) < 4.78 is 13.6. The molecule has 2 N–H and O–H groups in total. The quantitative estimate of drug-likeness (QED) is 0.807. The van der Waals surface area contributed by atoms with Crippen molar-refractivity contribution in [2.24, 2.45) is 5.73 Å². The van der Waals surface area contributed by atoms with Crippen molar-refractivity contribution in [3.8, 4) is 0 Å². The zero-order chi connectivity index (χ0) is 12.9. The lowest BCUT2D eigenvalue weighted by atomic mass is 9.84. The highest BCUT2D eigenvalue weighted by Crippen LogP contribution is 2.24. The van der Waals surface area contributed by atoms with E-state index >= 15 is 0 Å². The first-order valence-electron chi connectivity index (χ1n) is 6.23. The van der Waals surface area contributed by atoms with Crippen molar-refractivity contribution in [3.05, 3.63) is 34.6 Å².